The van der Waals surface area contributed by atoms with Gasteiger partial charge in [0.25, 0.3) is 5.56 Å². The number of thiazole rings is 1. The van der Waals surface area contributed by atoms with Crippen molar-refractivity contribution in [3.8, 4) is 23.0 Å². The van der Waals surface area contributed by atoms with Crippen LogP contribution >= 0.6 is 11.3 Å². The molecule has 0 saturated heterocycles. The summed E-state index contributed by atoms with van der Waals surface area (Å²) < 4.78 is 35.4. The molecule has 1 atom stereocenters. The van der Waals surface area contributed by atoms with Crippen LogP contribution in [0.15, 0.2) is 46.8 Å². The number of nitrogens with zero attached hydrogens (tertiary/aromatic N) is 1. The van der Waals surface area contributed by atoms with E-state index >= 15 is 0 Å². The van der Waals surface area contributed by atoms with E-state index in [1.165, 1.54) is 18.8 Å². The zero-order valence-corrected chi connectivity index (χ0v) is 28.1. The third-order valence-corrected chi connectivity index (χ3v) is 7.98. The maximum atomic E-state index is 14.0. The molecule has 46 heavy (non-hydrogen) atoms. The van der Waals surface area contributed by atoms with Gasteiger partial charge in [-0.05, 0) is 83.0 Å². The molecule has 1 aromatic heterocycles. The minimum absolute atomic E-state index is 0.0460. The smallest absolute Gasteiger partial charge is 0.338 e. The number of aromatic nitrogens is 1. The van der Waals surface area contributed by atoms with E-state index < -0.39 is 23.4 Å². The molecule has 1 aliphatic heterocycles. The van der Waals surface area contributed by atoms with Gasteiger partial charge in [-0.15, -0.1) is 11.3 Å². The first kappa shape index (κ1) is 34.2. The van der Waals surface area contributed by atoms with Gasteiger partial charge in [0, 0.05) is 0 Å². The van der Waals surface area contributed by atoms with Crippen LogP contribution in [0.2, 0.25) is 0 Å². The van der Waals surface area contributed by atoms with Gasteiger partial charge < -0.3 is 34.2 Å². The largest absolute Gasteiger partial charge is 0.493 e. The molecule has 1 aliphatic rings. The fourth-order valence-corrected chi connectivity index (χ4v) is 6.25. The molecule has 0 unspecified atom stereocenters. The second-order valence-electron chi connectivity index (χ2n) is 10.8. The Morgan fingerprint density at radius 3 is 1.93 bits per heavy atom. The average molecular weight is 653 g/mol. The summed E-state index contributed by atoms with van der Waals surface area (Å²) in [5.41, 5.74) is 7.27. The Bertz CT molecular complexity index is 1840. The summed E-state index contributed by atoms with van der Waals surface area (Å²) >= 11 is 1.06. The first-order chi connectivity index (χ1) is 21.9. The number of hydrogen-bond acceptors (Lipinski definition) is 11. The fraction of sp³-hybridized carbons (Fsp3) is 0.382. The highest BCUT2D eigenvalue weighted by molar-refractivity contribution is 7.07. The van der Waals surface area contributed by atoms with Gasteiger partial charge in [-0.3, -0.25) is 9.36 Å². The number of fused-ring (bicyclic) bond motifs is 1. The Balaban J connectivity index is 2.05. The van der Waals surface area contributed by atoms with Crippen LogP contribution in [0.4, 0.5) is 0 Å². The summed E-state index contributed by atoms with van der Waals surface area (Å²) in [7, 11) is 3.03. The molecule has 2 heterocycles. The van der Waals surface area contributed by atoms with Crippen molar-refractivity contribution < 1.29 is 38.0 Å². The van der Waals surface area contributed by atoms with Crippen molar-refractivity contribution >= 4 is 40.7 Å². The van der Waals surface area contributed by atoms with Gasteiger partial charge in [-0.2, -0.15) is 0 Å². The van der Waals surface area contributed by atoms with Gasteiger partial charge in [-0.25, -0.2) is 9.59 Å². The van der Waals surface area contributed by atoms with E-state index in [0.29, 0.717) is 34.1 Å². The maximum Gasteiger partial charge on any atom is 0.338 e. The standard InChI is InChI=1S/C34H40N2O9S/c1-9-42-33(38)28-27(21-12-14-23(45-19(5)6)25(17-21)41-8)29(34(39)43-10-2)32-36(30(28)35)31(37)26(46-32)16-20-11-13-22(44-18(3)4)24(15-20)40-7/h11-19,27H,9-10,35H2,1-8H3/b26-16-/t27-/m1/s1. The SMILES string of the molecule is CCOC(=O)C1=C(N)n2c(s/c(=C\c3ccc(OC(C)C)c(OC)c3)c2=O)=C(C(=O)OCC)[C@@H]1c1ccc(OC(C)C)c(OC)c1. The Hall–Kier alpha value is -4.71. The number of ether oxygens (including phenoxy) is 6. The Labute approximate surface area is 271 Å². The Morgan fingerprint density at radius 2 is 1.39 bits per heavy atom. The van der Waals surface area contributed by atoms with Crippen molar-refractivity contribution in [2.24, 2.45) is 5.73 Å². The molecule has 246 valence electrons. The van der Waals surface area contributed by atoms with Gasteiger partial charge in [-0.1, -0.05) is 12.1 Å². The highest BCUT2D eigenvalue weighted by Crippen LogP contribution is 2.41. The summed E-state index contributed by atoms with van der Waals surface area (Å²) in [6.07, 6.45) is 1.47. The van der Waals surface area contributed by atoms with E-state index in [0.717, 1.165) is 11.3 Å². The van der Waals surface area contributed by atoms with E-state index in [9.17, 15) is 14.4 Å². The zero-order valence-electron chi connectivity index (χ0n) is 27.3. The summed E-state index contributed by atoms with van der Waals surface area (Å²) in [6, 6.07) is 10.4. The van der Waals surface area contributed by atoms with Crippen molar-refractivity contribution in [2.45, 2.75) is 59.7 Å². The summed E-state index contributed by atoms with van der Waals surface area (Å²) in [5.74, 6) is -0.747. The lowest BCUT2D eigenvalue weighted by atomic mass is 9.83. The molecule has 0 saturated carbocycles. The summed E-state index contributed by atoms with van der Waals surface area (Å²) in [5, 5.41) is 0. The van der Waals surface area contributed by atoms with Crippen LogP contribution in [0.25, 0.3) is 17.5 Å². The van der Waals surface area contributed by atoms with Gasteiger partial charge in [0.05, 0.1) is 61.2 Å². The topological polar surface area (TPSA) is 138 Å². The third-order valence-electron chi connectivity index (χ3n) is 6.87. The number of carbonyl (C=O) groups excluding carboxylic acids is 2. The number of benzene rings is 2. The first-order valence-electron chi connectivity index (χ1n) is 15.0. The zero-order chi connectivity index (χ0) is 33.7. The van der Waals surface area contributed by atoms with Crippen LogP contribution in [0.5, 0.6) is 23.0 Å². The molecule has 0 amide bonds. The maximum absolute atomic E-state index is 14.0. The predicted molar refractivity (Wildman–Crippen MR) is 176 cm³/mol. The van der Waals surface area contributed by atoms with Gasteiger partial charge in [0.15, 0.2) is 23.0 Å². The molecule has 0 aliphatic carbocycles. The van der Waals surface area contributed by atoms with Crippen molar-refractivity contribution in [1.29, 1.82) is 0 Å². The molecule has 2 N–H and O–H groups in total. The van der Waals surface area contributed by atoms with Crippen LogP contribution in [0.1, 0.15) is 58.6 Å². The normalized spacial score (nSPS) is 14.8. The van der Waals surface area contributed by atoms with E-state index in [1.807, 2.05) is 27.7 Å². The number of methoxy groups -OCH3 is 2. The monoisotopic (exact) mass is 652 g/mol. The molecule has 0 radical (unpaired) electrons. The summed E-state index contributed by atoms with van der Waals surface area (Å²) in [4.78, 5) is 41.3. The number of esters is 2. The lowest BCUT2D eigenvalue weighted by molar-refractivity contribution is -0.138. The Morgan fingerprint density at radius 1 is 0.848 bits per heavy atom. The van der Waals surface area contributed by atoms with Gasteiger partial charge in [0.1, 0.15) is 10.5 Å². The van der Waals surface area contributed by atoms with Crippen LogP contribution < -0.4 is 39.4 Å². The molecular weight excluding hydrogens is 612 g/mol. The minimum atomic E-state index is -1.04. The highest BCUT2D eigenvalue weighted by Gasteiger charge is 2.40. The number of rotatable bonds is 12. The van der Waals surface area contributed by atoms with Gasteiger partial charge in [0.2, 0.25) is 0 Å². The molecule has 0 bridgehead atoms. The second kappa shape index (κ2) is 14.6. The quantitative estimate of drug-likeness (QED) is 0.289. The molecule has 4 rings (SSSR count). The van der Waals surface area contributed by atoms with E-state index in [1.54, 1.807) is 56.3 Å². The van der Waals surface area contributed by atoms with Gasteiger partial charge >= 0.3 is 11.9 Å². The lowest BCUT2D eigenvalue weighted by Crippen LogP contribution is -2.42. The van der Waals surface area contributed by atoms with E-state index in [2.05, 4.69) is 0 Å². The molecule has 12 heteroatoms. The van der Waals surface area contributed by atoms with Crippen molar-refractivity contribution in [1.82, 2.24) is 4.57 Å². The van der Waals surface area contributed by atoms with Crippen LogP contribution in [0.3, 0.4) is 0 Å². The molecule has 0 fully saturated rings. The number of hydrogen-bond donors (Lipinski definition) is 1. The minimum Gasteiger partial charge on any atom is -0.493 e. The van der Waals surface area contributed by atoms with Crippen LogP contribution in [-0.2, 0) is 19.1 Å². The third kappa shape index (κ3) is 6.91. The molecule has 0 spiro atoms. The molecule has 2 aromatic carbocycles. The average Bonchev–Trinajstić information content (AvgIpc) is 3.32. The predicted octanol–water partition coefficient (Wildman–Crippen LogP) is 3.53. The molecule has 3 aromatic rings. The first-order valence-corrected chi connectivity index (χ1v) is 15.8. The number of carbonyl (C=O) groups is 2. The van der Waals surface area contributed by atoms with Crippen molar-refractivity contribution in [3.63, 3.8) is 0 Å². The van der Waals surface area contributed by atoms with Crippen molar-refractivity contribution in [2.75, 3.05) is 27.4 Å². The highest BCUT2D eigenvalue weighted by atomic mass is 32.1. The lowest BCUT2D eigenvalue weighted by Gasteiger charge is -2.27. The van der Waals surface area contributed by atoms with Crippen molar-refractivity contribution in [3.05, 3.63) is 72.6 Å². The summed E-state index contributed by atoms with van der Waals surface area (Å²) in [6.45, 7) is 11.0. The second-order valence-corrected chi connectivity index (χ2v) is 11.8. The molecule has 11 nitrogen and oxygen atoms in total. The fourth-order valence-electron chi connectivity index (χ4n) is 5.09. The molecular formula is C34H40N2O9S. The van der Waals surface area contributed by atoms with E-state index in [4.69, 9.17) is 34.2 Å². The van der Waals surface area contributed by atoms with Crippen LogP contribution in [-0.4, -0.2) is 56.1 Å². The number of nitrogens with two attached hydrogens (primary N) is 1. The van der Waals surface area contributed by atoms with Crippen LogP contribution in [0, 0.1) is 0 Å². The van der Waals surface area contributed by atoms with E-state index in [-0.39, 0.29) is 51.6 Å². The Kier molecular flexibility index (Phi) is 10.8.